The van der Waals surface area contributed by atoms with Crippen LogP contribution in [0.4, 0.5) is 0 Å². The van der Waals surface area contributed by atoms with Gasteiger partial charge in [0.15, 0.2) is 0 Å². The second-order valence-electron chi connectivity index (χ2n) is 6.53. The van der Waals surface area contributed by atoms with Crippen molar-refractivity contribution in [2.45, 2.75) is 31.2 Å². The summed E-state index contributed by atoms with van der Waals surface area (Å²) in [5.74, 6) is 0.214. The summed E-state index contributed by atoms with van der Waals surface area (Å²) < 4.78 is 5.55. The number of aromatic nitrogens is 2. The molecule has 2 aromatic rings. The molecule has 1 fully saturated rings. The van der Waals surface area contributed by atoms with Gasteiger partial charge in [0.25, 0.3) is 0 Å². The van der Waals surface area contributed by atoms with E-state index in [0.29, 0.717) is 19.8 Å². The number of hydrogen-bond acceptors (Lipinski definition) is 4. The standard InChI is InChI=1S/C19H21N3O2/c23-18(22-9-6-17-15(13-22)12-20-14-21-17)19(7-10-24-11-8-19)16-4-2-1-3-5-16/h1-5,12,14H,6-11,13H2. The normalized spacial score (nSPS) is 19.6. The van der Waals surface area contributed by atoms with Crippen molar-refractivity contribution in [1.82, 2.24) is 14.9 Å². The molecule has 5 heteroatoms. The second kappa shape index (κ2) is 6.32. The molecule has 0 saturated carbocycles. The van der Waals surface area contributed by atoms with E-state index in [-0.39, 0.29) is 5.91 Å². The monoisotopic (exact) mass is 323 g/mol. The van der Waals surface area contributed by atoms with Gasteiger partial charge in [-0.3, -0.25) is 4.79 Å². The van der Waals surface area contributed by atoms with E-state index in [2.05, 4.69) is 22.1 Å². The number of carbonyl (C=O) groups excluding carboxylic acids is 1. The van der Waals surface area contributed by atoms with Gasteiger partial charge in [-0.25, -0.2) is 9.97 Å². The molecule has 0 N–H and O–H groups in total. The van der Waals surface area contributed by atoms with E-state index in [4.69, 9.17) is 4.74 Å². The Kier molecular flexibility index (Phi) is 4.02. The van der Waals surface area contributed by atoms with Crippen molar-refractivity contribution in [3.63, 3.8) is 0 Å². The summed E-state index contributed by atoms with van der Waals surface area (Å²) >= 11 is 0. The molecule has 4 rings (SSSR count). The van der Waals surface area contributed by atoms with Crippen LogP contribution in [0.25, 0.3) is 0 Å². The van der Waals surface area contributed by atoms with E-state index < -0.39 is 5.41 Å². The largest absolute Gasteiger partial charge is 0.381 e. The molecule has 1 aromatic heterocycles. The Hall–Kier alpha value is -2.27. The van der Waals surface area contributed by atoms with E-state index >= 15 is 0 Å². The van der Waals surface area contributed by atoms with Crippen molar-refractivity contribution in [1.29, 1.82) is 0 Å². The van der Waals surface area contributed by atoms with Gasteiger partial charge in [0.05, 0.1) is 11.1 Å². The van der Waals surface area contributed by atoms with Crippen molar-refractivity contribution in [3.8, 4) is 0 Å². The summed E-state index contributed by atoms with van der Waals surface area (Å²) in [4.78, 5) is 23.9. The second-order valence-corrected chi connectivity index (χ2v) is 6.53. The number of nitrogens with zero attached hydrogens (tertiary/aromatic N) is 3. The Morgan fingerprint density at radius 2 is 1.96 bits per heavy atom. The molecule has 1 amide bonds. The molecule has 0 bridgehead atoms. The smallest absolute Gasteiger partial charge is 0.233 e. The lowest BCUT2D eigenvalue weighted by Crippen LogP contribution is -2.51. The van der Waals surface area contributed by atoms with Crippen LogP contribution in [0.5, 0.6) is 0 Å². The van der Waals surface area contributed by atoms with Crippen molar-refractivity contribution in [2.75, 3.05) is 19.8 Å². The van der Waals surface area contributed by atoms with E-state index in [0.717, 1.165) is 42.6 Å². The first-order valence-corrected chi connectivity index (χ1v) is 8.50. The highest BCUT2D eigenvalue weighted by atomic mass is 16.5. The molecular formula is C19H21N3O2. The van der Waals surface area contributed by atoms with Gasteiger partial charge >= 0.3 is 0 Å². The van der Waals surface area contributed by atoms with E-state index in [1.54, 1.807) is 6.33 Å². The third kappa shape index (κ3) is 2.59. The zero-order valence-corrected chi connectivity index (χ0v) is 13.6. The topological polar surface area (TPSA) is 55.3 Å². The quantitative estimate of drug-likeness (QED) is 0.849. The van der Waals surface area contributed by atoms with Crippen LogP contribution in [0.3, 0.4) is 0 Å². The summed E-state index contributed by atoms with van der Waals surface area (Å²) in [5, 5.41) is 0. The number of rotatable bonds is 2. The average Bonchev–Trinajstić information content (AvgIpc) is 2.68. The number of fused-ring (bicyclic) bond motifs is 1. The van der Waals surface area contributed by atoms with Gasteiger partial charge in [-0.15, -0.1) is 0 Å². The molecule has 0 unspecified atom stereocenters. The van der Waals surface area contributed by atoms with Crippen LogP contribution in [0, 0.1) is 0 Å². The molecular weight excluding hydrogens is 302 g/mol. The molecule has 0 radical (unpaired) electrons. The minimum Gasteiger partial charge on any atom is -0.381 e. The lowest BCUT2D eigenvalue weighted by Gasteiger charge is -2.41. The van der Waals surface area contributed by atoms with Crippen LogP contribution in [0.15, 0.2) is 42.9 Å². The molecule has 0 spiro atoms. The fourth-order valence-electron chi connectivity index (χ4n) is 3.85. The average molecular weight is 323 g/mol. The molecule has 24 heavy (non-hydrogen) atoms. The van der Waals surface area contributed by atoms with Gasteiger partial charge in [-0.05, 0) is 18.4 Å². The van der Waals surface area contributed by atoms with Crippen LogP contribution in [0.2, 0.25) is 0 Å². The van der Waals surface area contributed by atoms with Crippen molar-refractivity contribution >= 4 is 5.91 Å². The SMILES string of the molecule is O=C(N1CCc2ncncc2C1)C1(c2ccccc2)CCOCC1. The lowest BCUT2D eigenvalue weighted by atomic mass is 9.72. The van der Waals surface area contributed by atoms with Gasteiger partial charge in [0.2, 0.25) is 5.91 Å². The van der Waals surface area contributed by atoms with Crippen LogP contribution >= 0.6 is 0 Å². The first-order valence-electron chi connectivity index (χ1n) is 8.50. The predicted molar refractivity (Wildman–Crippen MR) is 89.3 cm³/mol. The number of benzene rings is 1. The molecule has 5 nitrogen and oxygen atoms in total. The highest BCUT2D eigenvalue weighted by Crippen LogP contribution is 2.37. The number of hydrogen-bond donors (Lipinski definition) is 0. The third-order valence-corrected chi connectivity index (χ3v) is 5.23. The Morgan fingerprint density at radius 1 is 1.17 bits per heavy atom. The summed E-state index contributed by atoms with van der Waals surface area (Å²) in [6.45, 7) is 2.59. The molecule has 1 saturated heterocycles. The van der Waals surface area contributed by atoms with Gasteiger partial charge in [0, 0.05) is 44.5 Å². The van der Waals surface area contributed by atoms with Crippen LogP contribution < -0.4 is 0 Å². The van der Waals surface area contributed by atoms with Gasteiger partial charge in [-0.1, -0.05) is 30.3 Å². The van der Waals surface area contributed by atoms with Crippen LogP contribution in [0.1, 0.15) is 29.7 Å². The van der Waals surface area contributed by atoms with Crippen molar-refractivity contribution < 1.29 is 9.53 Å². The lowest BCUT2D eigenvalue weighted by molar-refractivity contribution is -0.142. The zero-order valence-electron chi connectivity index (χ0n) is 13.6. The zero-order chi connectivity index (χ0) is 16.4. The number of ether oxygens (including phenoxy) is 1. The first-order chi connectivity index (χ1) is 11.8. The summed E-state index contributed by atoms with van der Waals surface area (Å²) in [7, 11) is 0. The summed E-state index contributed by atoms with van der Waals surface area (Å²) in [6.07, 6.45) is 5.70. The van der Waals surface area contributed by atoms with Crippen molar-refractivity contribution in [2.24, 2.45) is 0 Å². The number of carbonyl (C=O) groups is 1. The maximum atomic E-state index is 13.5. The fourth-order valence-corrected chi connectivity index (χ4v) is 3.85. The summed E-state index contributed by atoms with van der Waals surface area (Å²) in [5.41, 5.74) is 2.77. The molecule has 0 aliphatic carbocycles. The maximum absolute atomic E-state index is 13.5. The van der Waals surface area contributed by atoms with Crippen molar-refractivity contribution in [3.05, 3.63) is 59.7 Å². The number of amides is 1. The third-order valence-electron chi connectivity index (χ3n) is 5.23. The molecule has 2 aliphatic heterocycles. The van der Waals surface area contributed by atoms with Gasteiger partial charge < -0.3 is 9.64 Å². The summed E-state index contributed by atoms with van der Waals surface area (Å²) in [6, 6.07) is 10.2. The van der Waals surface area contributed by atoms with Crippen LogP contribution in [-0.2, 0) is 27.9 Å². The maximum Gasteiger partial charge on any atom is 0.233 e. The Bertz CT molecular complexity index is 726. The van der Waals surface area contributed by atoms with E-state index in [1.165, 1.54) is 0 Å². The highest BCUT2D eigenvalue weighted by molar-refractivity contribution is 5.88. The van der Waals surface area contributed by atoms with Crippen LogP contribution in [-0.4, -0.2) is 40.5 Å². The van der Waals surface area contributed by atoms with Gasteiger partial charge in [-0.2, -0.15) is 0 Å². The minimum atomic E-state index is -0.466. The minimum absolute atomic E-state index is 0.214. The Balaban J connectivity index is 1.66. The van der Waals surface area contributed by atoms with E-state index in [1.807, 2.05) is 29.3 Å². The molecule has 0 atom stereocenters. The molecule has 2 aliphatic rings. The molecule has 1 aromatic carbocycles. The fraction of sp³-hybridized carbons (Fsp3) is 0.421. The van der Waals surface area contributed by atoms with E-state index in [9.17, 15) is 4.79 Å². The molecule has 3 heterocycles. The Morgan fingerprint density at radius 3 is 2.75 bits per heavy atom. The molecule has 124 valence electrons. The van der Waals surface area contributed by atoms with Gasteiger partial charge in [0.1, 0.15) is 6.33 Å². The predicted octanol–water partition coefficient (Wildman–Crippen LogP) is 2.11. The highest BCUT2D eigenvalue weighted by Gasteiger charge is 2.44. The first kappa shape index (κ1) is 15.3. The Labute approximate surface area is 141 Å².